The number of aliphatic carboxylic acids is 1. The van der Waals surface area contributed by atoms with Crippen LogP contribution >= 0.6 is 0 Å². The SMILES string of the molecule is CC(C)CC(NC(=O)OCC1c2ccccc2-c2ccccc21)C(=O)N[C@H](C)CC(=O)O. The van der Waals surface area contributed by atoms with E-state index >= 15 is 0 Å². The van der Waals surface area contributed by atoms with Crippen molar-refractivity contribution in [2.24, 2.45) is 5.92 Å². The fourth-order valence-corrected chi connectivity index (χ4v) is 4.14. The Hall–Kier alpha value is -3.35. The van der Waals surface area contributed by atoms with Crippen LogP contribution in [-0.4, -0.2) is 41.8 Å². The Labute approximate surface area is 188 Å². The number of rotatable bonds is 9. The van der Waals surface area contributed by atoms with Gasteiger partial charge in [-0.15, -0.1) is 0 Å². The maximum absolute atomic E-state index is 12.6. The first-order valence-corrected chi connectivity index (χ1v) is 10.9. The second-order valence-electron chi connectivity index (χ2n) is 8.66. The molecule has 2 aromatic carbocycles. The molecule has 7 heteroatoms. The normalized spacial score (nSPS) is 14.2. The molecule has 0 aliphatic heterocycles. The largest absolute Gasteiger partial charge is 0.481 e. The molecule has 0 aromatic heterocycles. The summed E-state index contributed by atoms with van der Waals surface area (Å²) in [5, 5.41) is 14.2. The molecule has 0 spiro atoms. The second kappa shape index (κ2) is 10.3. The van der Waals surface area contributed by atoms with Crippen molar-refractivity contribution in [2.45, 2.75) is 51.6 Å². The summed E-state index contributed by atoms with van der Waals surface area (Å²) in [5.74, 6) is -1.33. The second-order valence-corrected chi connectivity index (χ2v) is 8.66. The van der Waals surface area contributed by atoms with E-state index in [9.17, 15) is 14.4 Å². The molecule has 0 saturated heterocycles. The fourth-order valence-electron chi connectivity index (χ4n) is 4.14. The number of amides is 2. The van der Waals surface area contributed by atoms with Crippen LogP contribution in [0.25, 0.3) is 11.1 Å². The van der Waals surface area contributed by atoms with Gasteiger partial charge in [-0.05, 0) is 41.5 Å². The number of ether oxygens (including phenoxy) is 1. The lowest BCUT2D eigenvalue weighted by Crippen LogP contribution is -2.50. The summed E-state index contributed by atoms with van der Waals surface area (Å²) in [4.78, 5) is 36.1. The third-order valence-corrected chi connectivity index (χ3v) is 5.53. The van der Waals surface area contributed by atoms with Gasteiger partial charge in [-0.3, -0.25) is 9.59 Å². The van der Waals surface area contributed by atoms with E-state index in [2.05, 4.69) is 22.8 Å². The third-order valence-electron chi connectivity index (χ3n) is 5.53. The first-order chi connectivity index (χ1) is 15.3. The number of fused-ring (bicyclic) bond motifs is 3. The molecular weight excluding hydrogens is 408 g/mol. The van der Waals surface area contributed by atoms with Crippen LogP contribution in [0.5, 0.6) is 0 Å². The van der Waals surface area contributed by atoms with E-state index in [0.29, 0.717) is 6.42 Å². The van der Waals surface area contributed by atoms with Gasteiger partial charge >= 0.3 is 12.1 Å². The van der Waals surface area contributed by atoms with Crippen LogP contribution in [0.4, 0.5) is 4.79 Å². The lowest BCUT2D eigenvalue weighted by Gasteiger charge is -2.22. The predicted molar refractivity (Wildman–Crippen MR) is 121 cm³/mol. The minimum atomic E-state index is -0.997. The molecule has 32 heavy (non-hydrogen) atoms. The molecule has 0 saturated carbocycles. The van der Waals surface area contributed by atoms with Crippen LogP contribution in [0.1, 0.15) is 50.7 Å². The van der Waals surface area contributed by atoms with Gasteiger partial charge < -0.3 is 20.5 Å². The quantitative estimate of drug-likeness (QED) is 0.550. The Kier molecular flexibility index (Phi) is 7.51. The predicted octanol–water partition coefficient (Wildman–Crippen LogP) is 3.92. The Morgan fingerprint density at radius 3 is 2.03 bits per heavy atom. The minimum absolute atomic E-state index is 0.0684. The van der Waals surface area contributed by atoms with Gasteiger partial charge in [-0.2, -0.15) is 0 Å². The van der Waals surface area contributed by atoms with Crippen molar-refractivity contribution >= 4 is 18.0 Å². The zero-order chi connectivity index (χ0) is 23.3. The van der Waals surface area contributed by atoms with Crippen LogP contribution in [-0.2, 0) is 14.3 Å². The Morgan fingerprint density at radius 2 is 1.50 bits per heavy atom. The first kappa shape index (κ1) is 23.3. The number of carbonyl (C=O) groups is 3. The average molecular weight is 439 g/mol. The molecule has 170 valence electrons. The summed E-state index contributed by atoms with van der Waals surface area (Å²) in [6.07, 6.45) is -0.445. The van der Waals surface area contributed by atoms with Gasteiger partial charge in [0.05, 0.1) is 6.42 Å². The van der Waals surface area contributed by atoms with E-state index in [1.165, 1.54) is 0 Å². The topological polar surface area (TPSA) is 105 Å². The fraction of sp³-hybridized carbons (Fsp3) is 0.400. The highest BCUT2D eigenvalue weighted by molar-refractivity contribution is 5.86. The highest BCUT2D eigenvalue weighted by Crippen LogP contribution is 2.44. The smallest absolute Gasteiger partial charge is 0.407 e. The monoisotopic (exact) mass is 438 g/mol. The van der Waals surface area contributed by atoms with E-state index in [1.54, 1.807) is 6.92 Å². The number of benzene rings is 2. The van der Waals surface area contributed by atoms with Gasteiger partial charge in [0, 0.05) is 12.0 Å². The summed E-state index contributed by atoms with van der Waals surface area (Å²) in [6.45, 7) is 5.66. The standard InChI is InChI=1S/C25H30N2O5/c1-15(2)12-22(24(30)26-16(3)13-23(28)29)27-25(31)32-14-21-19-10-6-4-8-17(19)18-9-5-7-11-20(18)21/h4-11,15-16,21-22H,12-14H2,1-3H3,(H,26,30)(H,27,31)(H,28,29)/t16-,22?/m1/s1. The molecule has 7 nitrogen and oxygen atoms in total. The molecule has 1 aliphatic carbocycles. The van der Waals surface area contributed by atoms with Crippen LogP contribution in [0, 0.1) is 5.92 Å². The summed E-state index contributed by atoms with van der Waals surface area (Å²) in [6, 6.07) is 14.8. The van der Waals surface area contributed by atoms with Crippen molar-refractivity contribution in [3.05, 3.63) is 59.7 Å². The molecular formula is C25H30N2O5. The van der Waals surface area contributed by atoms with Crippen LogP contribution in [0.3, 0.4) is 0 Å². The maximum atomic E-state index is 12.6. The summed E-state index contributed by atoms with van der Waals surface area (Å²) < 4.78 is 5.55. The van der Waals surface area contributed by atoms with Gasteiger partial charge in [0.1, 0.15) is 12.6 Å². The molecule has 3 rings (SSSR count). The van der Waals surface area contributed by atoms with E-state index in [0.717, 1.165) is 22.3 Å². The summed E-state index contributed by atoms with van der Waals surface area (Å²) in [5.41, 5.74) is 4.50. The van der Waals surface area contributed by atoms with Gasteiger partial charge in [-0.25, -0.2) is 4.79 Å². The minimum Gasteiger partial charge on any atom is -0.481 e. The van der Waals surface area contributed by atoms with Crippen molar-refractivity contribution in [3.63, 3.8) is 0 Å². The van der Waals surface area contributed by atoms with Gasteiger partial charge in [0.2, 0.25) is 5.91 Å². The van der Waals surface area contributed by atoms with Crippen LogP contribution in [0.2, 0.25) is 0 Å². The Balaban J connectivity index is 1.64. The summed E-state index contributed by atoms with van der Waals surface area (Å²) in [7, 11) is 0. The van der Waals surface area contributed by atoms with Crippen molar-refractivity contribution in [3.8, 4) is 11.1 Å². The number of carbonyl (C=O) groups excluding carboxylic acids is 2. The lowest BCUT2D eigenvalue weighted by molar-refractivity contribution is -0.137. The third kappa shape index (κ3) is 5.66. The number of carboxylic acid groups (broad SMARTS) is 1. The van der Waals surface area contributed by atoms with Crippen molar-refractivity contribution in [1.82, 2.24) is 10.6 Å². The zero-order valence-electron chi connectivity index (χ0n) is 18.6. The molecule has 1 unspecified atom stereocenters. The molecule has 0 radical (unpaired) electrons. The Morgan fingerprint density at radius 1 is 0.938 bits per heavy atom. The maximum Gasteiger partial charge on any atom is 0.407 e. The molecule has 0 heterocycles. The van der Waals surface area contributed by atoms with Crippen molar-refractivity contribution in [1.29, 1.82) is 0 Å². The Bertz CT molecular complexity index is 942. The first-order valence-electron chi connectivity index (χ1n) is 10.9. The van der Waals surface area contributed by atoms with Gasteiger partial charge in [0.15, 0.2) is 0 Å². The highest BCUT2D eigenvalue weighted by Gasteiger charge is 2.30. The molecule has 3 N–H and O–H groups in total. The number of nitrogens with one attached hydrogen (secondary N) is 2. The molecule has 2 aromatic rings. The highest BCUT2D eigenvalue weighted by atomic mass is 16.5. The van der Waals surface area contributed by atoms with Gasteiger partial charge in [0.25, 0.3) is 0 Å². The van der Waals surface area contributed by atoms with Gasteiger partial charge in [-0.1, -0.05) is 62.4 Å². The lowest BCUT2D eigenvalue weighted by atomic mass is 9.98. The average Bonchev–Trinajstić information content (AvgIpc) is 3.04. The van der Waals surface area contributed by atoms with E-state index in [1.807, 2.05) is 50.2 Å². The van der Waals surface area contributed by atoms with E-state index < -0.39 is 30.1 Å². The number of hydrogen-bond donors (Lipinski definition) is 3. The molecule has 0 fully saturated rings. The molecule has 0 bridgehead atoms. The molecule has 2 amide bonds. The van der Waals surface area contributed by atoms with Crippen LogP contribution < -0.4 is 10.6 Å². The molecule has 2 atom stereocenters. The molecule has 1 aliphatic rings. The van der Waals surface area contributed by atoms with Crippen molar-refractivity contribution in [2.75, 3.05) is 6.61 Å². The van der Waals surface area contributed by atoms with E-state index in [4.69, 9.17) is 9.84 Å². The summed E-state index contributed by atoms with van der Waals surface area (Å²) >= 11 is 0. The van der Waals surface area contributed by atoms with Crippen molar-refractivity contribution < 1.29 is 24.2 Å². The van der Waals surface area contributed by atoms with E-state index in [-0.39, 0.29) is 24.9 Å². The zero-order valence-corrected chi connectivity index (χ0v) is 18.6. The van der Waals surface area contributed by atoms with Crippen LogP contribution in [0.15, 0.2) is 48.5 Å². The number of carboxylic acids is 1. The number of hydrogen-bond acceptors (Lipinski definition) is 4. The number of alkyl carbamates (subject to hydrolysis) is 1.